The first-order valence-corrected chi connectivity index (χ1v) is 8.41. The van der Waals surface area contributed by atoms with Crippen LogP contribution in [0, 0.1) is 0 Å². The first-order chi connectivity index (χ1) is 14.2. The molecule has 0 saturated carbocycles. The van der Waals surface area contributed by atoms with Gasteiger partial charge < -0.3 is 23.7 Å². The van der Waals surface area contributed by atoms with E-state index in [4.69, 9.17) is 24.5 Å². The van der Waals surface area contributed by atoms with Gasteiger partial charge in [0.25, 0.3) is 0 Å². The van der Waals surface area contributed by atoms with Crippen molar-refractivity contribution >= 4 is 29.8 Å². The number of aromatic nitrogens is 3. The van der Waals surface area contributed by atoms with Crippen LogP contribution in [0.4, 0.5) is 5.95 Å². The average Bonchev–Trinajstić information content (AvgIpc) is 3.21. The van der Waals surface area contributed by atoms with Gasteiger partial charge >= 0.3 is 23.9 Å². The molecule has 162 valence electrons. The molecule has 0 amide bonds. The molecular weight excluding hydrogens is 408 g/mol. The number of ether oxygens (including phenoxy) is 5. The second-order valence-electron chi connectivity index (χ2n) is 5.88. The third kappa shape index (κ3) is 5.21. The molecule has 1 aromatic rings. The summed E-state index contributed by atoms with van der Waals surface area (Å²) in [6, 6.07) is 0. The molecule has 2 heterocycles. The quantitative estimate of drug-likeness (QED) is 0.192. The number of carbonyl (C=O) groups is 4. The van der Waals surface area contributed by atoms with Gasteiger partial charge in [-0.05, 0) is 10.6 Å². The molecule has 0 spiro atoms. The number of hydrogen-bond donors (Lipinski definition) is 0. The van der Waals surface area contributed by atoms with Crippen molar-refractivity contribution in [2.45, 2.75) is 45.3 Å². The summed E-state index contributed by atoms with van der Waals surface area (Å²) >= 11 is 0. The maximum Gasteiger partial charge on any atom is 0.375 e. The predicted molar refractivity (Wildman–Crippen MR) is 91.8 cm³/mol. The molecule has 1 aromatic heterocycles. The molecule has 15 nitrogen and oxygen atoms in total. The summed E-state index contributed by atoms with van der Waals surface area (Å²) in [4.78, 5) is 52.8. The van der Waals surface area contributed by atoms with E-state index in [1.807, 2.05) is 0 Å². The van der Waals surface area contributed by atoms with Crippen LogP contribution in [0.5, 0.6) is 0 Å². The van der Waals surface area contributed by atoms with E-state index in [0.717, 1.165) is 32.6 Å². The Hall–Kier alpha value is -3.71. The van der Waals surface area contributed by atoms with Crippen molar-refractivity contribution in [1.29, 1.82) is 0 Å². The number of methoxy groups -OCH3 is 1. The van der Waals surface area contributed by atoms with E-state index >= 15 is 0 Å². The zero-order valence-corrected chi connectivity index (χ0v) is 16.4. The lowest BCUT2D eigenvalue weighted by Crippen LogP contribution is -2.41. The first kappa shape index (κ1) is 22.6. The van der Waals surface area contributed by atoms with Crippen molar-refractivity contribution in [3.8, 4) is 0 Å². The van der Waals surface area contributed by atoms with E-state index in [0.29, 0.717) is 0 Å². The maximum atomic E-state index is 12.1. The van der Waals surface area contributed by atoms with Crippen LogP contribution in [-0.4, -0.2) is 70.7 Å². The van der Waals surface area contributed by atoms with Gasteiger partial charge in [-0.3, -0.25) is 14.4 Å². The van der Waals surface area contributed by atoms with E-state index in [1.165, 1.54) is 0 Å². The lowest BCUT2D eigenvalue weighted by atomic mass is 10.1. The normalized spacial score (nSPS) is 22.5. The van der Waals surface area contributed by atoms with Crippen LogP contribution < -0.4 is 0 Å². The minimum Gasteiger partial charge on any atom is -0.463 e. The van der Waals surface area contributed by atoms with Crippen molar-refractivity contribution in [2.24, 2.45) is 5.11 Å². The fourth-order valence-electron chi connectivity index (χ4n) is 2.69. The second kappa shape index (κ2) is 9.67. The second-order valence-corrected chi connectivity index (χ2v) is 5.88. The molecule has 0 radical (unpaired) electrons. The number of hydrogen-bond acceptors (Lipinski definition) is 12. The predicted octanol–water partition coefficient (Wildman–Crippen LogP) is 0.330. The van der Waals surface area contributed by atoms with Crippen LogP contribution in [0.2, 0.25) is 0 Å². The first-order valence-electron chi connectivity index (χ1n) is 8.41. The highest BCUT2D eigenvalue weighted by Crippen LogP contribution is 2.35. The summed E-state index contributed by atoms with van der Waals surface area (Å²) in [5.74, 6) is -3.94. The third-order valence-corrected chi connectivity index (χ3v) is 3.70. The van der Waals surface area contributed by atoms with Crippen molar-refractivity contribution in [1.82, 2.24) is 14.8 Å². The molecule has 0 aliphatic carbocycles. The Balaban J connectivity index is 2.53. The Morgan fingerprint density at radius 2 is 1.77 bits per heavy atom. The summed E-state index contributed by atoms with van der Waals surface area (Å²) in [5.41, 5.74) is 8.60. The number of esters is 4. The molecule has 1 aliphatic rings. The highest BCUT2D eigenvalue weighted by Gasteiger charge is 2.52. The Bertz CT molecular complexity index is 893. The molecule has 0 aromatic carbocycles. The van der Waals surface area contributed by atoms with Crippen LogP contribution in [-0.2, 0) is 38.1 Å². The van der Waals surface area contributed by atoms with Crippen LogP contribution in [0.1, 0.15) is 37.6 Å². The van der Waals surface area contributed by atoms with Crippen molar-refractivity contribution in [3.63, 3.8) is 0 Å². The molecule has 1 saturated heterocycles. The Kier molecular flexibility index (Phi) is 7.27. The molecule has 0 bridgehead atoms. The van der Waals surface area contributed by atoms with Gasteiger partial charge in [-0.25, -0.2) is 9.48 Å². The molecular formula is C15H18N6O9. The number of nitrogens with zero attached hydrogens (tertiary/aromatic N) is 6. The Labute approximate surface area is 168 Å². The van der Waals surface area contributed by atoms with Gasteiger partial charge in [-0.15, -0.1) is 5.10 Å². The van der Waals surface area contributed by atoms with E-state index in [1.54, 1.807) is 0 Å². The molecule has 0 N–H and O–H groups in total. The van der Waals surface area contributed by atoms with Crippen LogP contribution in [0.15, 0.2) is 5.11 Å². The fourth-order valence-corrected chi connectivity index (χ4v) is 2.69. The van der Waals surface area contributed by atoms with Gasteiger partial charge in [-0.2, -0.15) is 4.98 Å². The van der Waals surface area contributed by atoms with Crippen molar-refractivity contribution in [3.05, 3.63) is 16.3 Å². The zero-order valence-electron chi connectivity index (χ0n) is 16.4. The highest BCUT2D eigenvalue weighted by molar-refractivity contribution is 5.85. The van der Waals surface area contributed by atoms with E-state index in [2.05, 4.69) is 24.8 Å². The minimum absolute atomic E-state index is 0.354. The topological polar surface area (TPSA) is 194 Å². The maximum absolute atomic E-state index is 12.1. The summed E-state index contributed by atoms with van der Waals surface area (Å²) < 4.78 is 26.6. The lowest BCUT2D eigenvalue weighted by Gasteiger charge is -2.23. The van der Waals surface area contributed by atoms with Gasteiger partial charge in [0.15, 0.2) is 18.4 Å². The minimum atomic E-state index is -1.36. The number of rotatable bonds is 7. The number of azide groups is 1. The van der Waals surface area contributed by atoms with Crippen molar-refractivity contribution in [2.75, 3.05) is 13.7 Å². The van der Waals surface area contributed by atoms with E-state index < -0.39 is 60.2 Å². The molecule has 1 fully saturated rings. The molecule has 2 rings (SSSR count). The third-order valence-electron chi connectivity index (χ3n) is 3.70. The standard InChI is InChI=1S/C15H18N6O9/c1-6(22)27-5-9-10(28-7(2)23)11(29-8(3)24)13(30-9)21-12(14(25)26-4)17-15(19-21)18-20-16/h9-11,13H,5H2,1-4H3/t9-,10?,11?,13-/m1/s1. The van der Waals surface area contributed by atoms with Crippen LogP contribution >= 0.6 is 0 Å². The average molecular weight is 426 g/mol. The molecule has 2 unspecified atom stereocenters. The van der Waals surface area contributed by atoms with Gasteiger partial charge in [0.2, 0.25) is 11.8 Å². The fraction of sp³-hybridized carbons (Fsp3) is 0.600. The monoisotopic (exact) mass is 426 g/mol. The smallest absolute Gasteiger partial charge is 0.375 e. The highest BCUT2D eigenvalue weighted by atomic mass is 16.7. The molecule has 1 aliphatic heterocycles. The van der Waals surface area contributed by atoms with Gasteiger partial charge in [0.1, 0.15) is 12.7 Å². The van der Waals surface area contributed by atoms with Gasteiger partial charge in [0, 0.05) is 25.7 Å². The van der Waals surface area contributed by atoms with E-state index in [-0.39, 0.29) is 6.61 Å². The van der Waals surface area contributed by atoms with Gasteiger partial charge in [0.05, 0.1) is 7.11 Å². The zero-order chi connectivity index (χ0) is 22.4. The number of carbonyl (C=O) groups excluding carboxylic acids is 4. The Morgan fingerprint density at radius 3 is 2.30 bits per heavy atom. The molecule has 4 atom stereocenters. The van der Waals surface area contributed by atoms with Crippen molar-refractivity contribution < 1.29 is 42.9 Å². The Morgan fingerprint density at radius 1 is 1.13 bits per heavy atom. The van der Waals surface area contributed by atoms with E-state index in [9.17, 15) is 19.2 Å². The SMILES string of the molecule is COC(=O)c1nc(N=[N+]=[N-])nn1[C@@H]1O[C@H](COC(C)=O)C(OC(C)=O)C1OC(C)=O. The summed E-state index contributed by atoms with van der Waals surface area (Å²) in [5, 5.41) is 7.09. The van der Waals surface area contributed by atoms with Crippen LogP contribution in [0.25, 0.3) is 10.4 Å². The lowest BCUT2D eigenvalue weighted by molar-refractivity contribution is -0.166. The molecule has 30 heavy (non-hydrogen) atoms. The van der Waals surface area contributed by atoms with Gasteiger partial charge in [-0.1, -0.05) is 0 Å². The summed E-state index contributed by atoms with van der Waals surface area (Å²) in [6.07, 6.45) is -4.96. The largest absolute Gasteiger partial charge is 0.463 e. The summed E-state index contributed by atoms with van der Waals surface area (Å²) in [6.45, 7) is 3.04. The molecule has 15 heteroatoms. The summed E-state index contributed by atoms with van der Waals surface area (Å²) in [7, 11) is 1.08. The van der Waals surface area contributed by atoms with Crippen LogP contribution in [0.3, 0.4) is 0 Å².